The van der Waals surface area contributed by atoms with E-state index >= 15 is 0 Å². The maximum Gasteiger partial charge on any atom is 0.241 e. The minimum atomic E-state index is -0.605. The molecule has 0 aliphatic rings. The summed E-state index contributed by atoms with van der Waals surface area (Å²) in [7, 11) is 0. The lowest BCUT2D eigenvalue weighted by Crippen LogP contribution is -2.45. The number of hydrogen-bond donors (Lipinski definition) is 2. The Kier molecular flexibility index (Phi) is 3.88. The first-order valence-corrected chi connectivity index (χ1v) is 5.54. The van der Waals surface area contributed by atoms with E-state index in [2.05, 4.69) is 5.32 Å². The fraction of sp³-hybridized carbons (Fsp3) is 0.462. The van der Waals surface area contributed by atoms with Gasteiger partial charge in [0.2, 0.25) is 5.91 Å². The van der Waals surface area contributed by atoms with Gasteiger partial charge in [-0.05, 0) is 36.1 Å². The molecule has 0 unspecified atom stereocenters. The first-order chi connectivity index (χ1) is 7.71. The maximum absolute atomic E-state index is 12.9. The number of nitrogens with one attached hydrogen (secondary N) is 1. The number of anilines is 1. The largest absolute Gasteiger partial charge is 0.324 e. The second-order valence-electron chi connectivity index (χ2n) is 5.29. The minimum absolute atomic E-state index is 0.257. The number of nitrogens with two attached hydrogens (primary N) is 1. The molecule has 0 spiro atoms. The highest BCUT2D eigenvalue weighted by molar-refractivity contribution is 5.95. The second kappa shape index (κ2) is 4.84. The van der Waals surface area contributed by atoms with Crippen molar-refractivity contribution < 1.29 is 9.18 Å². The van der Waals surface area contributed by atoms with Gasteiger partial charge in [0.1, 0.15) is 5.82 Å². The van der Waals surface area contributed by atoms with Crippen LogP contribution < -0.4 is 11.1 Å². The van der Waals surface area contributed by atoms with Crippen LogP contribution in [0.3, 0.4) is 0 Å². The van der Waals surface area contributed by atoms with Gasteiger partial charge >= 0.3 is 0 Å². The average molecular weight is 238 g/mol. The summed E-state index contributed by atoms with van der Waals surface area (Å²) >= 11 is 0. The van der Waals surface area contributed by atoms with E-state index in [9.17, 15) is 9.18 Å². The highest BCUT2D eigenvalue weighted by atomic mass is 19.1. The van der Waals surface area contributed by atoms with Gasteiger partial charge in [-0.2, -0.15) is 0 Å². The summed E-state index contributed by atoms with van der Waals surface area (Å²) in [6.07, 6.45) is 0. The van der Waals surface area contributed by atoms with Crippen molar-refractivity contribution in [1.82, 2.24) is 0 Å². The molecule has 94 valence electrons. The first kappa shape index (κ1) is 13.6. The van der Waals surface area contributed by atoms with Crippen LogP contribution in [-0.2, 0) is 4.79 Å². The Morgan fingerprint density at radius 3 is 2.47 bits per heavy atom. The van der Waals surface area contributed by atoms with Crippen LogP contribution in [0.25, 0.3) is 0 Å². The SMILES string of the molecule is Cc1cc(F)ccc1NC(=O)[C@H](N)C(C)(C)C. The molecule has 1 aromatic carbocycles. The van der Waals surface area contributed by atoms with Crippen LogP contribution in [0.2, 0.25) is 0 Å². The number of halogens is 1. The van der Waals surface area contributed by atoms with Crippen molar-refractivity contribution in [3.63, 3.8) is 0 Å². The van der Waals surface area contributed by atoms with Gasteiger partial charge < -0.3 is 11.1 Å². The minimum Gasteiger partial charge on any atom is -0.324 e. The number of carbonyl (C=O) groups is 1. The lowest BCUT2D eigenvalue weighted by Gasteiger charge is -2.26. The van der Waals surface area contributed by atoms with Crippen LogP contribution in [0.5, 0.6) is 0 Å². The van der Waals surface area contributed by atoms with Gasteiger partial charge in [0.05, 0.1) is 6.04 Å². The highest BCUT2D eigenvalue weighted by Crippen LogP contribution is 2.20. The summed E-state index contributed by atoms with van der Waals surface area (Å²) in [5, 5.41) is 2.71. The van der Waals surface area contributed by atoms with E-state index in [0.29, 0.717) is 11.3 Å². The number of amides is 1. The Labute approximate surface area is 101 Å². The van der Waals surface area contributed by atoms with Crippen molar-refractivity contribution in [3.8, 4) is 0 Å². The Morgan fingerprint density at radius 1 is 1.41 bits per heavy atom. The Balaban J connectivity index is 2.82. The first-order valence-electron chi connectivity index (χ1n) is 5.54. The maximum atomic E-state index is 12.9. The molecule has 3 nitrogen and oxygen atoms in total. The number of carbonyl (C=O) groups excluding carboxylic acids is 1. The van der Waals surface area contributed by atoms with Gasteiger partial charge in [0.15, 0.2) is 0 Å². The number of rotatable bonds is 2. The molecule has 0 heterocycles. The molecule has 1 aromatic rings. The molecule has 3 N–H and O–H groups in total. The van der Waals surface area contributed by atoms with E-state index in [0.717, 1.165) is 0 Å². The van der Waals surface area contributed by atoms with Crippen molar-refractivity contribution >= 4 is 11.6 Å². The third-order valence-corrected chi connectivity index (χ3v) is 2.66. The van der Waals surface area contributed by atoms with Crippen molar-refractivity contribution in [3.05, 3.63) is 29.6 Å². The normalized spacial score (nSPS) is 13.3. The second-order valence-corrected chi connectivity index (χ2v) is 5.29. The molecule has 17 heavy (non-hydrogen) atoms. The molecule has 0 aliphatic heterocycles. The molecule has 0 saturated carbocycles. The van der Waals surface area contributed by atoms with Crippen LogP contribution >= 0.6 is 0 Å². The predicted molar refractivity (Wildman–Crippen MR) is 67.2 cm³/mol. The van der Waals surface area contributed by atoms with Gasteiger partial charge in [0.25, 0.3) is 0 Å². The molecular weight excluding hydrogens is 219 g/mol. The predicted octanol–water partition coefficient (Wildman–Crippen LogP) is 2.45. The zero-order valence-corrected chi connectivity index (χ0v) is 10.7. The zero-order valence-electron chi connectivity index (χ0n) is 10.7. The van der Waals surface area contributed by atoms with E-state index in [1.165, 1.54) is 18.2 Å². The molecule has 0 bridgehead atoms. The lowest BCUT2D eigenvalue weighted by atomic mass is 9.87. The van der Waals surface area contributed by atoms with Crippen molar-refractivity contribution in [1.29, 1.82) is 0 Å². The Bertz CT molecular complexity index is 424. The van der Waals surface area contributed by atoms with E-state index in [-0.39, 0.29) is 17.1 Å². The van der Waals surface area contributed by atoms with Gasteiger partial charge in [0, 0.05) is 5.69 Å². The third-order valence-electron chi connectivity index (χ3n) is 2.66. The van der Waals surface area contributed by atoms with Crippen LogP contribution in [0.4, 0.5) is 10.1 Å². The molecule has 4 heteroatoms. The van der Waals surface area contributed by atoms with Crippen LogP contribution in [0.1, 0.15) is 26.3 Å². The van der Waals surface area contributed by atoms with Crippen molar-refractivity contribution in [2.45, 2.75) is 33.7 Å². The summed E-state index contributed by atoms with van der Waals surface area (Å²) in [5.41, 5.74) is 6.80. The molecule has 0 saturated heterocycles. The fourth-order valence-electron chi connectivity index (χ4n) is 1.37. The van der Waals surface area contributed by atoms with E-state index in [1.54, 1.807) is 6.92 Å². The van der Waals surface area contributed by atoms with Gasteiger partial charge in [-0.15, -0.1) is 0 Å². The standard InChI is InChI=1S/C13H19FN2O/c1-8-7-9(14)5-6-10(8)16-12(17)11(15)13(2,3)4/h5-7,11H,15H2,1-4H3,(H,16,17)/t11-/m0/s1. The van der Waals surface area contributed by atoms with Gasteiger partial charge in [-0.1, -0.05) is 20.8 Å². The topological polar surface area (TPSA) is 55.1 Å². The molecule has 1 atom stereocenters. The van der Waals surface area contributed by atoms with Crippen LogP contribution in [0.15, 0.2) is 18.2 Å². The van der Waals surface area contributed by atoms with Crippen molar-refractivity contribution in [2.24, 2.45) is 11.1 Å². The molecule has 0 radical (unpaired) electrons. The van der Waals surface area contributed by atoms with Crippen molar-refractivity contribution in [2.75, 3.05) is 5.32 Å². The summed E-state index contributed by atoms with van der Waals surface area (Å²) in [4.78, 5) is 11.9. The van der Waals surface area contributed by atoms with Gasteiger partial charge in [-0.25, -0.2) is 4.39 Å². The summed E-state index contributed by atoms with van der Waals surface area (Å²) in [6, 6.07) is 3.62. The molecule has 0 aromatic heterocycles. The third kappa shape index (κ3) is 3.53. The molecule has 0 aliphatic carbocycles. The van der Waals surface area contributed by atoms with E-state index in [1.807, 2.05) is 20.8 Å². The summed E-state index contributed by atoms with van der Waals surface area (Å²) in [5.74, 6) is -0.576. The van der Waals surface area contributed by atoms with Crippen LogP contribution in [0, 0.1) is 18.2 Å². The Hall–Kier alpha value is -1.42. The highest BCUT2D eigenvalue weighted by Gasteiger charge is 2.27. The Morgan fingerprint density at radius 2 is 2.00 bits per heavy atom. The fourth-order valence-corrected chi connectivity index (χ4v) is 1.37. The monoisotopic (exact) mass is 238 g/mol. The van der Waals surface area contributed by atoms with E-state index in [4.69, 9.17) is 5.73 Å². The molecule has 1 rings (SSSR count). The van der Waals surface area contributed by atoms with E-state index < -0.39 is 6.04 Å². The summed E-state index contributed by atoms with van der Waals surface area (Å²) in [6.45, 7) is 7.43. The number of benzene rings is 1. The molecule has 1 amide bonds. The molecular formula is C13H19FN2O. The number of hydrogen-bond acceptors (Lipinski definition) is 2. The number of aryl methyl sites for hydroxylation is 1. The zero-order chi connectivity index (χ0) is 13.2. The van der Waals surface area contributed by atoms with Crippen LogP contribution in [-0.4, -0.2) is 11.9 Å². The smallest absolute Gasteiger partial charge is 0.241 e. The molecule has 0 fully saturated rings. The van der Waals surface area contributed by atoms with Gasteiger partial charge in [-0.3, -0.25) is 4.79 Å². The lowest BCUT2D eigenvalue weighted by molar-refractivity contribution is -0.119. The summed E-state index contributed by atoms with van der Waals surface area (Å²) < 4.78 is 12.9. The average Bonchev–Trinajstić information content (AvgIpc) is 2.19. The quantitative estimate of drug-likeness (QED) is 0.831.